The number of nitrogens with two attached hydrogens (primary N) is 1. The molecule has 12 heteroatoms. The predicted octanol–water partition coefficient (Wildman–Crippen LogP) is 3.10. The van der Waals surface area contributed by atoms with Gasteiger partial charge in [-0.1, -0.05) is 18.2 Å². The SMILES string of the molecule is CC(C)n1cc(-c2cccc(COP(=O)(O)CP(=O)(O)O)c2)c2c(N)ncnc21. The molecule has 10 nitrogen and oxygen atoms in total. The van der Waals surface area contributed by atoms with Crippen LogP contribution in [0.3, 0.4) is 0 Å². The maximum absolute atomic E-state index is 11.9. The van der Waals surface area contributed by atoms with Crippen LogP contribution in [0.4, 0.5) is 5.82 Å². The molecule has 0 amide bonds. The van der Waals surface area contributed by atoms with E-state index in [1.54, 1.807) is 18.2 Å². The van der Waals surface area contributed by atoms with Gasteiger partial charge in [-0.15, -0.1) is 0 Å². The first-order chi connectivity index (χ1) is 13.5. The molecule has 3 aromatic rings. The summed E-state index contributed by atoms with van der Waals surface area (Å²) in [4.78, 5) is 35.8. The Morgan fingerprint density at radius 1 is 1.21 bits per heavy atom. The predicted molar refractivity (Wildman–Crippen MR) is 109 cm³/mol. The van der Waals surface area contributed by atoms with Gasteiger partial charge in [-0.05, 0) is 31.0 Å². The molecule has 0 spiro atoms. The van der Waals surface area contributed by atoms with Crippen molar-refractivity contribution in [3.05, 3.63) is 42.4 Å². The third kappa shape index (κ3) is 5.11. The fourth-order valence-corrected chi connectivity index (χ4v) is 5.54. The van der Waals surface area contributed by atoms with Crippen molar-refractivity contribution < 1.29 is 28.3 Å². The van der Waals surface area contributed by atoms with Crippen molar-refractivity contribution in [2.24, 2.45) is 0 Å². The number of fused-ring (bicyclic) bond motifs is 1. The average Bonchev–Trinajstić information content (AvgIpc) is 3.00. The summed E-state index contributed by atoms with van der Waals surface area (Å²) in [7, 11) is -9.10. The lowest BCUT2D eigenvalue weighted by Gasteiger charge is -2.13. The van der Waals surface area contributed by atoms with Gasteiger partial charge < -0.3 is 29.5 Å². The average molecular weight is 440 g/mol. The Bertz CT molecular complexity index is 1140. The number of benzene rings is 1. The van der Waals surface area contributed by atoms with Gasteiger partial charge in [0.1, 0.15) is 17.8 Å². The van der Waals surface area contributed by atoms with Crippen molar-refractivity contribution in [2.45, 2.75) is 26.5 Å². The van der Waals surface area contributed by atoms with Crippen molar-refractivity contribution in [3.8, 4) is 11.1 Å². The van der Waals surface area contributed by atoms with Gasteiger partial charge in [-0.3, -0.25) is 9.13 Å². The zero-order valence-corrected chi connectivity index (χ0v) is 17.6. The van der Waals surface area contributed by atoms with E-state index in [9.17, 15) is 14.0 Å². The van der Waals surface area contributed by atoms with Crippen LogP contribution in [0.15, 0.2) is 36.8 Å². The number of aromatic nitrogens is 3. The van der Waals surface area contributed by atoms with E-state index in [1.165, 1.54) is 6.33 Å². The van der Waals surface area contributed by atoms with E-state index in [1.807, 2.05) is 30.7 Å². The van der Waals surface area contributed by atoms with Crippen LogP contribution in [0.5, 0.6) is 0 Å². The fourth-order valence-electron chi connectivity index (χ4n) is 3.00. The number of nitrogen functional groups attached to an aromatic ring is 1. The van der Waals surface area contributed by atoms with Gasteiger partial charge in [-0.25, -0.2) is 9.97 Å². The third-order valence-electron chi connectivity index (χ3n) is 4.23. The van der Waals surface area contributed by atoms with Crippen molar-refractivity contribution in [3.63, 3.8) is 0 Å². The standard InChI is InChI=1S/C17H22N4O6P2/c1-11(2)21-7-14(15-16(18)19-9-20-17(15)21)13-5-3-4-12(6-13)8-27-29(25,26)10-28(22,23)24/h3-7,9,11H,8,10H2,1-2H3,(H,25,26)(H2,18,19,20)(H2,22,23,24). The minimum absolute atomic E-state index is 0.139. The topological polar surface area (TPSA) is 161 Å². The van der Waals surface area contributed by atoms with E-state index in [0.29, 0.717) is 22.4 Å². The Kier molecular flexibility index (Phi) is 5.96. The molecule has 0 fully saturated rings. The summed E-state index contributed by atoms with van der Waals surface area (Å²) >= 11 is 0. The molecule has 0 radical (unpaired) electrons. The van der Waals surface area contributed by atoms with E-state index in [0.717, 1.165) is 11.1 Å². The van der Waals surface area contributed by atoms with Crippen LogP contribution in [0.1, 0.15) is 25.5 Å². The normalized spacial score (nSPS) is 14.4. The van der Waals surface area contributed by atoms with Gasteiger partial charge >= 0.3 is 15.2 Å². The molecule has 1 atom stereocenters. The summed E-state index contributed by atoms with van der Waals surface area (Å²) in [6.07, 6.45) is 3.33. The van der Waals surface area contributed by atoms with Crippen LogP contribution in [-0.2, 0) is 20.3 Å². The summed E-state index contributed by atoms with van der Waals surface area (Å²) in [6, 6.07) is 7.17. The van der Waals surface area contributed by atoms with E-state index >= 15 is 0 Å². The zero-order chi connectivity index (χ0) is 21.4. The molecule has 1 aromatic carbocycles. The third-order valence-corrected chi connectivity index (χ3v) is 7.66. The maximum atomic E-state index is 11.9. The molecular weight excluding hydrogens is 418 g/mol. The van der Waals surface area contributed by atoms with E-state index in [2.05, 4.69) is 9.97 Å². The second kappa shape index (κ2) is 7.99. The first-order valence-electron chi connectivity index (χ1n) is 8.68. The van der Waals surface area contributed by atoms with E-state index in [-0.39, 0.29) is 12.6 Å². The van der Waals surface area contributed by atoms with Crippen molar-refractivity contribution in [2.75, 3.05) is 11.6 Å². The Morgan fingerprint density at radius 3 is 2.59 bits per heavy atom. The first-order valence-corrected chi connectivity index (χ1v) is 12.2. The Hall–Kier alpha value is -2.06. The number of hydrogen-bond donors (Lipinski definition) is 4. The summed E-state index contributed by atoms with van der Waals surface area (Å²) in [5, 5.41) is 0.702. The van der Waals surface area contributed by atoms with Gasteiger partial charge in [-0.2, -0.15) is 0 Å². The molecule has 0 aliphatic carbocycles. The molecule has 29 heavy (non-hydrogen) atoms. The van der Waals surface area contributed by atoms with E-state index < -0.39 is 21.1 Å². The molecule has 0 saturated carbocycles. The highest BCUT2D eigenvalue weighted by atomic mass is 31.2. The highest BCUT2D eigenvalue weighted by Crippen LogP contribution is 2.55. The highest BCUT2D eigenvalue weighted by molar-refractivity contribution is 7.69. The summed E-state index contributed by atoms with van der Waals surface area (Å²) in [6.45, 7) is 3.76. The van der Waals surface area contributed by atoms with Crippen LogP contribution in [-0.4, -0.2) is 35.1 Å². The number of anilines is 1. The monoisotopic (exact) mass is 440 g/mol. The Morgan fingerprint density at radius 2 is 1.93 bits per heavy atom. The van der Waals surface area contributed by atoms with Crippen LogP contribution in [0.2, 0.25) is 0 Å². The van der Waals surface area contributed by atoms with Crippen molar-refractivity contribution in [1.82, 2.24) is 14.5 Å². The number of nitrogens with zero attached hydrogens (tertiary/aromatic N) is 3. The van der Waals surface area contributed by atoms with Gasteiger partial charge in [0.2, 0.25) is 0 Å². The van der Waals surface area contributed by atoms with Crippen molar-refractivity contribution in [1.29, 1.82) is 0 Å². The quantitative estimate of drug-likeness (QED) is 0.405. The number of rotatable bonds is 7. The minimum atomic E-state index is -4.67. The molecule has 0 bridgehead atoms. The lowest BCUT2D eigenvalue weighted by atomic mass is 10.0. The molecule has 3 rings (SSSR count). The molecule has 5 N–H and O–H groups in total. The molecular formula is C17H22N4O6P2. The highest BCUT2D eigenvalue weighted by Gasteiger charge is 2.30. The van der Waals surface area contributed by atoms with Gasteiger partial charge in [0, 0.05) is 17.8 Å². The molecule has 2 heterocycles. The molecule has 0 aliphatic rings. The molecule has 2 aromatic heterocycles. The smallest absolute Gasteiger partial charge is 0.340 e. The summed E-state index contributed by atoms with van der Waals surface area (Å²) in [5.74, 6) is -0.886. The van der Waals surface area contributed by atoms with Crippen LogP contribution in [0, 0.1) is 0 Å². The fraction of sp³-hybridized carbons (Fsp3) is 0.294. The van der Waals surface area contributed by atoms with Gasteiger partial charge in [0.05, 0.1) is 12.0 Å². The first kappa shape index (κ1) is 21.6. The second-order valence-electron chi connectivity index (χ2n) is 6.92. The Balaban J connectivity index is 1.95. The molecule has 156 valence electrons. The molecule has 0 saturated heterocycles. The zero-order valence-electron chi connectivity index (χ0n) is 15.8. The molecule has 1 unspecified atom stereocenters. The largest absolute Gasteiger partial charge is 0.383 e. The molecule has 0 aliphatic heterocycles. The van der Waals surface area contributed by atoms with Gasteiger partial charge in [0.15, 0.2) is 5.90 Å². The van der Waals surface area contributed by atoms with Crippen molar-refractivity contribution >= 4 is 32.0 Å². The lowest BCUT2D eigenvalue weighted by molar-refractivity contribution is 0.251. The van der Waals surface area contributed by atoms with Crippen LogP contribution < -0.4 is 5.73 Å². The summed E-state index contributed by atoms with van der Waals surface area (Å²) in [5.41, 5.74) is 8.93. The second-order valence-corrected chi connectivity index (χ2v) is 10.9. The van der Waals surface area contributed by atoms with Crippen LogP contribution in [0.25, 0.3) is 22.2 Å². The number of hydrogen-bond acceptors (Lipinski definition) is 6. The minimum Gasteiger partial charge on any atom is -0.383 e. The Labute approximate surface area is 167 Å². The van der Waals surface area contributed by atoms with Crippen LogP contribution >= 0.6 is 15.2 Å². The lowest BCUT2D eigenvalue weighted by Crippen LogP contribution is -2.00. The summed E-state index contributed by atoms with van der Waals surface area (Å²) < 4.78 is 29.7. The van der Waals surface area contributed by atoms with Gasteiger partial charge in [0.25, 0.3) is 0 Å². The van der Waals surface area contributed by atoms with E-state index in [4.69, 9.17) is 20.0 Å². The maximum Gasteiger partial charge on any atom is 0.340 e.